The summed E-state index contributed by atoms with van der Waals surface area (Å²) >= 11 is 0. The Morgan fingerprint density at radius 3 is 2.21 bits per heavy atom. The number of esters is 1. The molecule has 0 saturated carbocycles. The average Bonchev–Trinajstić information content (AvgIpc) is 2.85. The minimum absolute atomic E-state index is 0.00229. The summed E-state index contributed by atoms with van der Waals surface area (Å²) in [5.41, 5.74) is 6.95. The second-order valence-electron chi connectivity index (χ2n) is 12.0. The first-order valence-corrected chi connectivity index (χ1v) is 14.6. The fourth-order valence-electron chi connectivity index (χ4n) is 4.45. The lowest BCUT2D eigenvalue weighted by Gasteiger charge is -2.39. The van der Waals surface area contributed by atoms with Gasteiger partial charge >= 0.3 is 12.1 Å². The van der Waals surface area contributed by atoms with E-state index >= 15 is 0 Å². The van der Waals surface area contributed by atoms with Crippen LogP contribution in [-0.2, 0) is 28.7 Å². The fourth-order valence-corrected chi connectivity index (χ4v) is 4.45. The molecule has 0 radical (unpaired) electrons. The van der Waals surface area contributed by atoms with Crippen molar-refractivity contribution < 1.29 is 33.4 Å². The summed E-state index contributed by atoms with van der Waals surface area (Å²) < 4.78 is 10.3. The number of benzene rings is 1. The van der Waals surface area contributed by atoms with Crippen LogP contribution in [0.4, 0.5) is 4.79 Å². The number of nitrogens with two attached hydrogens (primary N) is 1. The third-order valence-corrected chi connectivity index (χ3v) is 6.69. The summed E-state index contributed by atoms with van der Waals surface area (Å²) in [7, 11) is 0. The Kier molecular flexibility index (Phi) is 14.5. The molecule has 1 rings (SSSR count). The van der Waals surface area contributed by atoms with E-state index in [2.05, 4.69) is 24.5 Å². The SMILES string of the molecule is CCOC(=O)CCNC(=O)C(c1cccc(C)c1C)N(C(=O)C(CC(N)=O)NC(=O)OC(C)(C)C)C(C)CCC(C)C. The quantitative estimate of drug-likeness (QED) is 0.262. The van der Waals surface area contributed by atoms with E-state index < -0.39 is 59.9 Å². The molecule has 0 aliphatic heterocycles. The van der Waals surface area contributed by atoms with Gasteiger partial charge in [-0.2, -0.15) is 0 Å². The number of nitrogens with one attached hydrogen (secondary N) is 2. The first-order valence-electron chi connectivity index (χ1n) is 14.6. The number of ether oxygens (including phenoxy) is 2. The van der Waals surface area contributed by atoms with E-state index in [0.717, 1.165) is 17.5 Å². The van der Waals surface area contributed by atoms with Crippen LogP contribution in [0.25, 0.3) is 0 Å². The van der Waals surface area contributed by atoms with Gasteiger partial charge in [0, 0.05) is 12.6 Å². The number of amides is 4. The largest absolute Gasteiger partial charge is 0.466 e. The fraction of sp³-hybridized carbons (Fsp3) is 0.645. The molecule has 0 heterocycles. The van der Waals surface area contributed by atoms with E-state index in [4.69, 9.17) is 15.2 Å². The van der Waals surface area contributed by atoms with Gasteiger partial charge in [-0.15, -0.1) is 0 Å². The number of hydrogen-bond acceptors (Lipinski definition) is 7. The zero-order valence-electron chi connectivity index (χ0n) is 26.7. The predicted molar refractivity (Wildman–Crippen MR) is 160 cm³/mol. The van der Waals surface area contributed by atoms with Crippen molar-refractivity contribution in [3.05, 3.63) is 34.9 Å². The Labute approximate surface area is 250 Å². The van der Waals surface area contributed by atoms with Crippen LogP contribution in [0.5, 0.6) is 0 Å². The van der Waals surface area contributed by atoms with E-state index in [0.29, 0.717) is 17.9 Å². The Morgan fingerprint density at radius 1 is 1.02 bits per heavy atom. The lowest BCUT2D eigenvalue weighted by Crippen LogP contribution is -2.56. The van der Waals surface area contributed by atoms with Gasteiger partial charge in [-0.3, -0.25) is 19.2 Å². The van der Waals surface area contributed by atoms with Crippen molar-refractivity contribution in [3.8, 4) is 0 Å². The molecule has 42 heavy (non-hydrogen) atoms. The molecule has 4 N–H and O–H groups in total. The molecule has 3 atom stereocenters. The third-order valence-electron chi connectivity index (χ3n) is 6.69. The number of carbonyl (C=O) groups excluding carboxylic acids is 5. The molecule has 0 aliphatic rings. The lowest BCUT2D eigenvalue weighted by molar-refractivity contribution is -0.146. The Bertz CT molecular complexity index is 1100. The van der Waals surface area contributed by atoms with Crippen molar-refractivity contribution in [1.29, 1.82) is 0 Å². The van der Waals surface area contributed by atoms with Crippen LogP contribution in [0, 0.1) is 19.8 Å². The van der Waals surface area contributed by atoms with Gasteiger partial charge in [0.1, 0.15) is 17.7 Å². The molecule has 1 aromatic rings. The molecule has 4 amide bonds. The molecule has 3 unspecified atom stereocenters. The van der Waals surface area contributed by atoms with Crippen molar-refractivity contribution in [3.63, 3.8) is 0 Å². The molecule has 0 aliphatic carbocycles. The number of carbonyl (C=O) groups is 5. The highest BCUT2D eigenvalue weighted by Gasteiger charge is 2.40. The first kappa shape index (κ1) is 36.4. The van der Waals surface area contributed by atoms with Crippen LogP contribution >= 0.6 is 0 Å². The van der Waals surface area contributed by atoms with Gasteiger partial charge in [-0.1, -0.05) is 32.0 Å². The maximum Gasteiger partial charge on any atom is 0.408 e. The topological polar surface area (TPSA) is 157 Å². The Balaban J connectivity index is 3.67. The Morgan fingerprint density at radius 2 is 1.67 bits per heavy atom. The smallest absolute Gasteiger partial charge is 0.408 e. The van der Waals surface area contributed by atoms with Crippen LogP contribution in [-0.4, -0.2) is 65.5 Å². The van der Waals surface area contributed by atoms with Crippen LogP contribution in [0.3, 0.4) is 0 Å². The molecule has 11 nitrogen and oxygen atoms in total. The van der Waals surface area contributed by atoms with Gasteiger partial charge in [0.15, 0.2) is 0 Å². The molecule has 0 fully saturated rings. The highest BCUT2D eigenvalue weighted by Crippen LogP contribution is 2.31. The predicted octanol–water partition coefficient (Wildman–Crippen LogP) is 3.84. The van der Waals surface area contributed by atoms with Crippen molar-refractivity contribution >= 4 is 29.8 Å². The Hall–Kier alpha value is -3.63. The van der Waals surface area contributed by atoms with E-state index in [-0.39, 0.29) is 19.6 Å². The molecule has 0 spiro atoms. The number of aryl methyl sites for hydroxylation is 1. The minimum atomic E-state index is -1.38. The number of rotatable bonds is 15. The third kappa shape index (κ3) is 12.1. The summed E-state index contributed by atoms with van der Waals surface area (Å²) in [6, 6.07) is 2.51. The zero-order valence-corrected chi connectivity index (χ0v) is 26.7. The summed E-state index contributed by atoms with van der Waals surface area (Å²) in [5.74, 6) is -2.10. The zero-order chi connectivity index (χ0) is 32.2. The van der Waals surface area contributed by atoms with E-state index in [9.17, 15) is 24.0 Å². The number of alkyl carbamates (subject to hydrolysis) is 1. The van der Waals surface area contributed by atoms with Gasteiger partial charge in [-0.25, -0.2) is 4.79 Å². The molecule has 0 saturated heterocycles. The molecule has 1 aromatic carbocycles. The van der Waals surface area contributed by atoms with Crippen molar-refractivity contribution in [2.24, 2.45) is 11.7 Å². The molecular formula is C31H50N4O7. The lowest BCUT2D eigenvalue weighted by atomic mass is 9.92. The normalized spacial score (nSPS) is 13.5. The maximum atomic E-state index is 14.3. The highest BCUT2D eigenvalue weighted by molar-refractivity contribution is 5.95. The van der Waals surface area contributed by atoms with Gasteiger partial charge in [-0.05, 0) is 83.9 Å². The number of primary amides is 1. The summed E-state index contributed by atoms with van der Waals surface area (Å²) in [6.45, 7) is 16.7. The highest BCUT2D eigenvalue weighted by atomic mass is 16.6. The van der Waals surface area contributed by atoms with Crippen molar-refractivity contribution in [1.82, 2.24) is 15.5 Å². The van der Waals surface area contributed by atoms with Crippen LogP contribution in [0.2, 0.25) is 0 Å². The van der Waals surface area contributed by atoms with Gasteiger partial charge < -0.3 is 30.7 Å². The maximum absolute atomic E-state index is 14.3. The molecule has 236 valence electrons. The summed E-state index contributed by atoms with van der Waals surface area (Å²) in [6.07, 6.45) is -0.111. The van der Waals surface area contributed by atoms with E-state index in [1.54, 1.807) is 39.8 Å². The van der Waals surface area contributed by atoms with Crippen LogP contribution < -0.4 is 16.4 Å². The van der Waals surface area contributed by atoms with Crippen molar-refractivity contribution in [2.75, 3.05) is 13.2 Å². The average molecular weight is 591 g/mol. The van der Waals surface area contributed by atoms with Gasteiger partial charge in [0.05, 0.1) is 19.4 Å². The number of hydrogen-bond donors (Lipinski definition) is 3. The first-order chi connectivity index (χ1) is 19.5. The van der Waals surface area contributed by atoms with E-state index in [1.807, 2.05) is 26.8 Å². The van der Waals surface area contributed by atoms with Gasteiger partial charge in [0.2, 0.25) is 17.7 Å². The second-order valence-corrected chi connectivity index (χ2v) is 12.0. The van der Waals surface area contributed by atoms with Crippen molar-refractivity contribution in [2.45, 2.75) is 112 Å². The molecule has 0 aromatic heterocycles. The molecule has 11 heteroatoms. The standard InChI is InChI=1S/C31H50N4O7/c1-10-41-26(37)16-17-33-28(38)27(23-13-11-12-20(4)22(23)6)35(21(5)15-14-19(2)3)29(39)24(18-25(32)36)34-30(40)42-31(7,8)9/h11-13,19,21,24,27H,10,14-18H2,1-9H3,(H2,32,36)(H,33,38)(H,34,40). The summed E-state index contributed by atoms with van der Waals surface area (Å²) in [4.78, 5) is 66.4. The van der Waals surface area contributed by atoms with Gasteiger partial charge in [0.25, 0.3) is 0 Å². The van der Waals surface area contributed by atoms with E-state index in [1.165, 1.54) is 4.90 Å². The monoisotopic (exact) mass is 590 g/mol. The second kappa shape index (κ2) is 16.7. The number of nitrogens with zero attached hydrogens (tertiary/aromatic N) is 1. The van der Waals surface area contributed by atoms with Crippen LogP contribution in [0.15, 0.2) is 18.2 Å². The molecule has 0 bridgehead atoms. The summed E-state index contributed by atoms with van der Waals surface area (Å²) in [5, 5.41) is 5.29. The minimum Gasteiger partial charge on any atom is -0.466 e. The molecular weight excluding hydrogens is 540 g/mol. The van der Waals surface area contributed by atoms with Crippen LogP contribution in [0.1, 0.15) is 96.9 Å².